The zero-order chi connectivity index (χ0) is 14.4. The molecule has 0 aliphatic rings. The molecular weight excluding hydrogens is 257 g/mol. The Balaban J connectivity index is 1.90. The van der Waals surface area contributed by atoms with Crippen molar-refractivity contribution in [1.82, 2.24) is 15.1 Å². The number of nitrogens with zero attached hydrogens (tertiary/aromatic N) is 2. The van der Waals surface area contributed by atoms with E-state index >= 15 is 0 Å². The minimum Gasteiger partial charge on any atom is -0.492 e. The summed E-state index contributed by atoms with van der Waals surface area (Å²) in [6, 6.07) is 7.01. The molecule has 108 valence electrons. The molecule has 2 rings (SSSR count). The van der Waals surface area contributed by atoms with Crippen LogP contribution in [0.1, 0.15) is 19.4 Å². The van der Waals surface area contributed by atoms with Crippen LogP contribution in [0, 0.1) is 5.82 Å². The first-order valence-corrected chi connectivity index (χ1v) is 6.76. The molecule has 2 aromatic rings. The van der Waals surface area contributed by atoms with Crippen molar-refractivity contribution in [2.45, 2.75) is 33.0 Å². The second-order valence-corrected chi connectivity index (χ2v) is 4.95. The third-order valence-electron chi connectivity index (χ3n) is 2.79. The fourth-order valence-electron chi connectivity index (χ4n) is 1.82. The van der Waals surface area contributed by atoms with Crippen LogP contribution in [0.15, 0.2) is 36.7 Å². The standard InChI is InChI=1S/C15H20FN3O/c1-12(2)17-11-13-8-14(16)10-15(9-13)20-7-6-19-5-3-4-18-19/h3-5,8-10,12,17H,6-7,11H2,1-2H3. The Kier molecular flexibility index (Phi) is 5.12. The van der Waals surface area contributed by atoms with Gasteiger partial charge in [-0.05, 0) is 23.8 Å². The molecule has 0 saturated heterocycles. The van der Waals surface area contributed by atoms with Gasteiger partial charge in [-0.3, -0.25) is 4.68 Å². The number of aromatic nitrogens is 2. The molecule has 1 heterocycles. The molecular formula is C15H20FN3O. The van der Waals surface area contributed by atoms with Gasteiger partial charge in [-0.2, -0.15) is 5.10 Å². The maximum absolute atomic E-state index is 13.5. The smallest absolute Gasteiger partial charge is 0.127 e. The van der Waals surface area contributed by atoms with Gasteiger partial charge in [0, 0.05) is 31.0 Å². The SMILES string of the molecule is CC(C)NCc1cc(F)cc(OCCn2cccn2)c1. The molecule has 0 radical (unpaired) electrons. The van der Waals surface area contributed by atoms with Crippen molar-refractivity contribution in [2.75, 3.05) is 6.61 Å². The van der Waals surface area contributed by atoms with Gasteiger partial charge in [0.15, 0.2) is 0 Å². The van der Waals surface area contributed by atoms with Crippen LogP contribution >= 0.6 is 0 Å². The van der Waals surface area contributed by atoms with Gasteiger partial charge in [0.2, 0.25) is 0 Å². The molecule has 1 N–H and O–H groups in total. The van der Waals surface area contributed by atoms with Crippen molar-refractivity contribution >= 4 is 0 Å². The summed E-state index contributed by atoms with van der Waals surface area (Å²) in [5.74, 6) is 0.278. The van der Waals surface area contributed by atoms with E-state index in [4.69, 9.17) is 4.74 Å². The maximum atomic E-state index is 13.5. The van der Waals surface area contributed by atoms with Crippen molar-refractivity contribution in [1.29, 1.82) is 0 Å². The van der Waals surface area contributed by atoms with Crippen LogP contribution in [-0.4, -0.2) is 22.4 Å². The number of nitrogens with one attached hydrogen (secondary N) is 1. The summed E-state index contributed by atoms with van der Waals surface area (Å²) in [7, 11) is 0. The van der Waals surface area contributed by atoms with Crippen molar-refractivity contribution in [3.05, 3.63) is 48.0 Å². The van der Waals surface area contributed by atoms with Crippen LogP contribution in [0.4, 0.5) is 4.39 Å². The Hall–Kier alpha value is -1.88. The predicted molar refractivity (Wildman–Crippen MR) is 76.1 cm³/mol. The number of hydrogen-bond acceptors (Lipinski definition) is 3. The molecule has 0 unspecified atom stereocenters. The van der Waals surface area contributed by atoms with Gasteiger partial charge < -0.3 is 10.1 Å². The highest BCUT2D eigenvalue weighted by atomic mass is 19.1. The largest absolute Gasteiger partial charge is 0.492 e. The lowest BCUT2D eigenvalue weighted by Gasteiger charge is -2.11. The van der Waals surface area contributed by atoms with E-state index in [-0.39, 0.29) is 5.82 Å². The molecule has 1 aromatic carbocycles. The first kappa shape index (κ1) is 14.5. The second kappa shape index (κ2) is 7.05. The molecule has 0 atom stereocenters. The summed E-state index contributed by atoms with van der Waals surface area (Å²) in [5, 5.41) is 7.34. The van der Waals surface area contributed by atoms with E-state index in [1.807, 2.05) is 18.3 Å². The van der Waals surface area contributed by atoms with Gasteiger partial charge in [-0.25, -0.2) is 4.39 Å². The Labute approximate surface area is 118 Å². The quantitative estimate of drug-likeness (QED) is 0.845. The van der Waals surface area contributed by atoms with E-state index in [2.05, 4.69) is 24.3 Å². The van der Waals surface area contributed by atoms with Gasteiger partial charge in [0.25, 0.3) is 0 Å². The lowest BCUT2D eigenvalue weighted by molar-refractivity contribution is 0.289. The van der Waals surface area contributed by atoms with Gasteiger partial charge in [-0.15, -0.1) is 0 Å². The number of halogens is 1. The average molecular weight is 277 g/mol. The highest BCUT2D eigenvalue weighted by molar-refractivity contribution is 5.29. The molecule has 0 fully saturated rings. The Bertz CT molecular complexity index is 526. The first-order chi connectivity index (χ1) is 9.63. The van der Waals surface area contributed by atoms with E-state index in [1.54, 1.807) is 10.9 Å². The average Bonchev–Trinajstić information content (AvgIpc) is 2.89. The monoisotopic (exact) mass is 277 g/mol. The van der Waals surface area contributed by atoms with Crippen molar-refractivity contribution in [3.63, 3.8) is 0 Å². The Morgan fingerprint density at radius 2 is 2.20 bits per heavy atom. The van der Waals surface area contributed by atoms with E-state index < -0.39 is 0 Å². The molecule has 4 nitrogen and oxygen atoms in total. The van der Waals surface area contributed by atoms with Gasteiger partial charge in [-0.1, -0.05) is 13.8 Å². The fraction of sp³-hybridized carbons (Fsp3) is 0.400. The molecule has 0 bridgehead atoms. The van der Waals surface area contributed by atoms with Crippen LogP contribution in [0.5, 0.6) is 5.75 Å². The van der Waals surface area contributed by atoms with E-state index in [1.165, 1.54) is 12.1 Å². The normalized spacial score (nSPS) is 11.0. The number of rotatable bonds is 7. The van der Waals surface area contributed by atoms with Crippen molar-refractivity contribution in [3.8, 4) is 5.75 Å². The zero-order valence-electron chi connectivity index (χ0n) is 11.8. The highest BCUT2D eigenvalue weighted by Gasteiger charge is 2.03. The molecule has 0 spiro atoms. The van der Waals surface area contributed by atoms with Crippen LogP contribution in [-0.2, 0) is 13.1 Å². The molecule has 0 aliphatic carbocycles. The maximum Gasteiger partial charge on any atom is 0.127 e. The third-order valence-corrected chi connectivity index (χ3v) is 2.79. The summed E-state index contributed by atoms with van der Waals surface area (Å²) >= 11 is 0. The summed E-state index contributed by atoms with van der Waals surface area (Å²) in [4.78, 5) is 0. The summed E-state index contributed by atoms with van der Waals surface area (Å²) in [6.45, 7) is 5.85. The lowest BCUT2D eigenvalue weighted by atomic mass is 10.2. The molecule has 0 saturated carbocycles. The lowest BCUT2D eigenvalue weighted by Crippen LogP contribution is -2.21. The Morgan fingerprint density at radius 1 is 1.35 bits per heavy atom. The third kappa shape index (κ3) is 4.66. The van der Waals surface area contributed by atoms with Crippen molar-refractivity contribution in [2.24, 2.45) is 0 Å². The van der Waals surface area contributed by atoms with E-state index in [9.17, 15) is 4.39 Å². The molecule has 0 aliphatic heterocycles. The summed E-state index contributed by atoms with van der Waals surface area (Å²) < 4.78 is 20.9. The highest BCUT2D eigenvalue weighted by Crippen LogP contribution is 2.16. The topological polar surface area (TPSA) is 39.1 Å². The van der Waals surface area contributed by atoms with Gasteiger partial charge in [0.1, 0.15) is 18.2 Å². The van der Waals surface area contributed by atoms with Gasteiger partial charge >= 0.3 is 0 Å². The van der Waals surface area contributed by atoms with Crippen molar-refractivity contribution < 1.29 is 9.13 Å². The summed E-state index contributed by atoms with van der Waals surface area (Å²) in [6.07, 6.45) is 3.59. The van der Waals surface area contributed by atoms with E-state index in [0.717, 1.165) is 5.56 Å². The number of hydrogen-bond donors (Lipinski definition) is 1. The van der Waals surface area contributed by atoms with Crippen LogP contribution in [0.3, 0.4) is 0 Å². The molecule has 20 heavy (non-hydrogen) atoms. The molecule has 5 heteroatoms. The minimum atomic E-state index is -0.276. The summed E-state index contributed by atoms with van der Waals surface area (Å²) in [5.41, 5.74) is 0.882. The zero-order valence-corrected chi connectivity index (χ0v) is 11.8. The van der Waals surface area contributed by atoms with Gasteiger partial charge in [0.05, 0.1) is 6.54 Å². The molecule has 1 aromatic heterocycles. The van der Waals surface area contributed by atoms with Crippen LogP contribution in [0.2, 0.25) is 0 Å². The second-order valence-electron chi connectivity index (χ2n) is 4.95. The van der Waals surface area contributed by atoms with Crippen LogP contribution in [0.25, 0.3) is 0 Å². The Morgan fingerprint density at radius 3 is 2.90 bits per heavy atom. The number of ether oxygens (including phenoxy) is 1. The predicted octanol–water partition coefficient (Wildman–Crippen LogP) is 2.60. The van der Waals surface area contributed by atoms with Crippen LogP contribution < -0.4 is 10.1 Å². The minimum absolute atomic E-state index is 0.276. The first-order valence-electron chi connectivity index (χ1n) is 6.76. The number of benzene rings is 1. The van der Waals surface area contributed by atoms with E-state index in [0.29, 0.717) is 31.5 Å². The fourth-order valence-corrected chi connectivity index (χ4v) is 1.82. The molecule has 0 amide bonds.